The zero-order chi connectivity index (χ0) is 9.97. The van der Waals surface area contributed by atoms with Crippen molar-refractivity contribution in [1.82, 2.24) is 9.97 Å². The highest BCUT2D eigenvalue weighted by atomic mass is 35.5. The summed E-state index contributed by atoms with van der Waals surface area (Å²) in [6.45, 7) is 1.51. The number of halogens is 1. The first-order chi connectivity index (χ1) is 6.75. The van der Waals surface area contributed by atoms with Crippen LogP contribution in [-0.4, -0.2) is 34.3 Å². The lowest BCUT2D eigenvalue weighted by Crippen LogP contribution is -2.39. The Labute approximate surface area is 87.5 Å². The second-order valence-corrected chi connectivity index (χ2v) is 3.88. The molecule has 1 saturated heterocycles. The molecule has 1 fully saturated rings. The van der Waals surface area contributed by atoms with E-state index >= 15 is 0 Å². The molecule has 0 bridgehead atoms. The number of nitrogens with zero attached hydrogens (tertiary/aromatic N) is 3. The molecule has 1 N–H and O–H groups in total. The van der Waals surface area contributed by atoms with Crippen LogP contribution in [0.25, 0.3) is 0 Å². The van der Waals surface area contributed by atoms with E-state index in [2.05, 4.69) is 9.97 Å². The topological polar surface area (TPSA) is 49.2 Å². The van der Waals surface area contributed by atoms with Gasteiger partial charge in [-0.25, -0.2) is 9.97 Å². The van der Waals surface area contributed by atoms with E-state index in [1.54, 1.807) is 12.4 Å². The van der Waals surface area contributed by atoms with Gasteiger partial charge in [0, 0.05) is 13.1 Å². The summed E-state index contributed by atoms with van der Waals surface area (Å²) in [5, 5.41) is 10.0. The first-order valence-electron chi connectivity index (χ1n) is 4.66. The van der Waals surface area contributed by atoms with Crippen LogP contribution in [0.5, 0.6) is 0 Å². The van der Waals surface area contributed by atoms with Crippen LogP contribution in [-0.2, 0) is 0 Å². The molecule has 4 nitrogen and oxygen atoms in total. The Morgan fingerprint density at radius 3 is 2.79 bits per heavy atom. The highest BCUT2D eigenvalue weighted by Gasteiger charge is 2.19. The van der Waals surface area contributed by atoms with Crippen LogP contribution >= 0.6 is 11.6 Å². The summed E-state index contributed by atoms with van der Waals surface area (Å²) < 4.78 is 0. The van der Waals surface area contributed by atoms with Gasteiger partial charge in [-0.15, -0.1) is 0 Å². The molecule has 0 saturated carbocycles. The van der Waals surface area contributed by atoms with Crippen molar-refractivity contribution < 1.29 is 5.11 Å². The van der Waals surface area contributed by atoms with E-state index in [-0.39, 0.29) is 6.10 Å². The maximum absolute atomic E-state index is 9.47. The molecule has 0 unspecified atom stereocenters. The Morgan fingerprint density at radius 1 is 1.43 bits per heavy atom. The second-order valence-electron chi connectivity index (χ2n) is 3.44. The van der Waals surface area contributed by atoms with Crippen LogP contribution in [0, 0.1) is 0 Å². The van der Waals surface area contributed by atoms with Gasteiger partial charge in [0.25, 0.3) is 0 Å². The molecule has 0 spiro atoms. The van der Waals surface area contributed by atoms with Crippen molar-refractivity contribution >= 4 is 17.5 Å². The van der Waals surface area contributed by atoms with E-state index in [0.717, 1.165) is 19.4 Å². The number of anilines is 1. The fourth-order valence-electron chi connectivity index (χ4n) is 1.61. The van der Waals surface area contributed by atoms with Crippen molar-refractivity contribution in [3.8, 4) is 0 Å². The van der Waals surface area contributed by atoms with E-state index in [4.69, 9.17) is 11.6 Å². The number of β-amino-alcohol motifs (C(OH)–C–C–N with tert-alkyl or cyclic N) is 1. The average Bonchev–Trinajstić information content (AvgIpc) is 2.19. The smallest absolute Gasteiger partial charge is 0.225 e. The number of hydrogen-bond donors (Lipinski definition) is 1. The van der Waals surface area contributed by atoms with Gasteiger partial charge in [0.2, 0.25) is 5.95 Å². The first-order valence-corrected chi connectivity index (χ1v) is 5.04. The molecule has 0 amide bonds. The Balaban J connectivity index is 2.10. The van der Waals surface area contributed by atoms with Crippen molar-refractivity contribution in [1.29, 1.82) is 0 Å². The molecule has 0 radical (unpaired) electrons. The minimum Gasteiger partial charge on any atom is -0.391 e. The molecular weight excluding hydrogens is 202 g/mol. The third-order valence-electron chi connectivity index (χ3n) is 2.29. The highest BCUT2D eigenvalue weighted by Crippen LogP contribution is 2.16. The van der Waals surface area contributed by atoms with Gasteiger partial charge in [0.05, 0.1) is 23.5 Å². The third-order valence-corrected chi connectivity index (χ3v) is 2.48. The van der Waals surface area contributed by atoms with E-state index in [1.807, 2.05) is 4.90 Å². The molecule has 1 aliphatic heterocycles. The molecule has 1 atom stereocenters. The van der Waals surface area contributed by atoms with Gasteiger partial charge in [0.1, 0.15) is 0 Å². The van der Waals surface area contributed by atoms with E-state index in [1.165, 1.54) is 0 Å². The summed E-state index contributed by atoms with van der Waals surface area (Å²) in [4.78, 5) is 10.2. The maximum atomic E-state index is 9.47. The minimum absolute atomic E-state index is 0.261. The van der Waals surface area contributed by atoms with E-state index in [9.17, 15) is 5.11 Å². The lowest BCUT2D eigenvalue weighted by Gasteiger charge is -2.29. The summed E-state index contributed by atoms with van der Waals surface area (Å²) in [5.41, 5.74) is 0. The zero-order valence-electron chi connectivity index (χ0n) is 7.73. The van der Waals surface area contributed by atoms with E-state index in [0.29, 0.717) is 17.5 Å². The van der Waals surface area contributed by atoms with Gasteiger partial charge in [-0.2, -0.15) is 0 Å². The van der Waals surface area contributed by atoms with Crippen LogP contribution in [0.3, 0.4) is 0 Å². The number of aliphatic hydroxyl groups excluding tert-OH is 1. The normalized spacial score (nSPS) is 22.4. The van der Waals surface area contributed by atoms with Gasteiger partial charge < -0.3 is 10.0 Å². The Bertz CT molecular complexity index is 303. The van der Waals surface area contributed by atoms with Gasteiger partial charge in [-0.05, 0) is 12.8 Å². The molecule has 76 valence electrons. The lowest BCUT2D eigenvalue weighted by molar-refractivity contribution is 0.153. The Morgan fingerprint density at radius 2 is 2.14 bits per heavy atom. The maximum Gasteiger partial charge on any atom is 0.225 e. The fourth-order valence-corrected chi connectivity index (χ4v) is 1.70. The molecule has 14 heavy (non-hydrogen) atoms. The monoisotopic (exact) mass is 213 g/mol. The molecular formula is C9H12ClN3O. The molecule has 1 aromatic heterocycles. The second kappa shape index (κ2) is 4.11. The van der Waals surface area contributed by atoms with Gasteiger partial charge in [-0.1, -0.05) is 11.6 Å². The van der Waals surface area contributed by atoms with Crippen LogP contribution in [0.4, 0.5) is 5.95 Å². The van der Waals surface area contributed by atoms with Gasteiger partial charge >= 0.3 is 0 Å². The number of aromatic nitrogens is 2. The largest absolute Gasteiger partial charge is 0.391 e. The van der Waals surface area contributed by atoms with Crippen LogP contribution in [0.2, 0.25) is 5.02 Å². The van der Waals surface area contributed by atoms with Crippen LogP contribution in [0.1, 0.15) is 12.8 Å². The molecule has 1 aliphatic rings. The summed E-state index contributed by atoms with van der Waals surface area (Å²) in [6, 6.07) is 0. The van der Waals surface area contributed by atoms with Crippen molar-refractivity contribution in [2.45, 2.75) is 18.9 Å². The van der Waals surface area contributed by atoms with Crippen LogP contribution < -0.4 is 4.90 Å². The SMILES string of the molecule is O[C@@H]1CCCN(c2ncc(Cl)cn2)C1. The molecule has 0 aliphatic carbocycles. The summed E-state index contributed by atoms with van der Waals surface area (Å²) in [7, 11) is 0. The number of hydrogen-bond acceptors (Lipinski definition) is 4. The molecule has 5 heteroatoms. The Kier molecular flexibility index (Phi) is 2.84. The predicted octanol–water partition coefficient (Wildman–Crippen LogP) is 1.09. The number of piperidine rings is 1. The highest BCUT2D eigenvalue weighted by molar-refractivity contribution is 6.30. The number of aliphatic hydroxyl groups is 1. The van der Waals surface area contributed by atoms with Crippen LogP contribution in [0.15, 0.2) is 12.4 Å². The van der Waals surface area contributed by atoms with Crippen molar-refractivity contribution in [2.24, 2.45) is 0 Å². The first kappa shape index (κ1) is 9.68. The lowest BCUT2D eigenvalue weighted by atomic mass is 10.1. The summed E-state index contributed by atoms with van der Waals surface area (Å²) >= 11 is 5.69. The predicted molar refractivity (Wildman–Crippen MR) is 54.5 cm³/mol. The summed E-state index contributed by atoms with van der Waals surface area (Å²) in [6.07, 6.45) is 4.73. The molecule has 2 rings (SSSR count). The molecule has 1 aromatic rings. The third kappa shape index (κ3) is 2.13. The average molecular weight is 214 g/mol. The van der Waals surface area contributed by atoms with Crippen molar-refractivity contribution in [3.63, 3.8) is 0 Å². The van der Waals surface area contributed by atoms with Gasteiger partial charge in [-0.3, -0.25) is 0 Å². The molecule has 2 heterocycles. The Hall–Kier alpha value is -0.870. The van der Waals surface area contributed by atoms with Crippen molar-refractivity contribution in [3.05, 3.63) is 17.4 Å². The minimum atomic E-state index is -0.261. The zero-order valence-corrected chi connectivity index (χ0v) is 8.48. The standard InChI is InChI=1S/C9H12ClN3O/c10-7-4-11-9(12-5-7)13-3-1-2-8(14)6-13/h4-5,8,14H,1-3,6H2/t8-/m1/s1. The van der Waals surface area contributed by atoms with E-state index < -0.39 is 0 Å². The quantitative estimate of drug-likeness (QED) is 0.759. The number of rotatable bonds is 1. The summed E-state index contributed by atoms with van der Waals surface area (Å²) in [5.74, 6) is 0.646. The van der Waals surface area contributed by atoms with Crippen molar-refractivity contribution in [2.75, 3.05) is 18.0 Å². The fraction of sp³-hybridized carbons (Fsp3) is 0.556. The molecule has 0 aromatic carbocycles. The van der Waals surface area contributed by atoms with Gasteiger partial charge in [0.15, 0.2) is 0 Å².